The topological polar surface area (TPSA) is 43.4 Å². The maximum absolute atomic E-state index is 12.0. The van der Waals surface area contributed by atoms with Gasteiger partial charge in [0, 0.05) is 18.1 Å². The highest BCUT2D eigenvalue weighted by molar-refractivity contribution is 6.06. The van der Waals surface area contributed by atoms with Crippen molar-refractivity contribution >= 4 is 17.8 Å². The van der Waals surface area contributed by atoms with E-state index in [4.69, 9.17) is 4.74 Å². The summed E-state index contributed by atoms with van der Waals surface area (Å²) in [7, 11) is 0. The van der Waals surface area contributed by atoms with Crippen LogP contribution >= 0.6 is 0 Å². The highest BCUT2D eigenvalue weighted by atomic mass is 16.5. The highest BCUT2D eigenvalue weighted by Gasteiger charge is 2.04. The van der Waals surface area contributed by atoms with Crippen LogP contribution in [0.4, 0.5) is 0 Å². The third-order valence-corrected chi connectivity index (χ3v) is 2.65. The van der Waals surface area contributed by atoms with Crippen LogP contribution in [0.1, 0.15) is 22.8 Å². The van der Waals surface area contributed by atoms with Crippen molar-refractivity contribution in [3.8, 4) is 5.75 Å². The average Bonchev–Trinajstić information content (AvgIpc) is 2.46. The maximum Gasteiger partial charge on any atom is 0.308 e. The molecule has 0 bridgehead atoms. The van der Waals surface area contributed by atoms with E-state index in [0.29, 0.717) is 16.9 Å². The van der Waals surface area contributed by atoms with Crippen molar-refractivity contribution < 1.29 is 14.3 Å². The summed E-state index contributed by atoms with van der Waals surface area (Å²) >= 11 is 0. The van der Waals surface area contributed by atoms with Crippen LogP contribution < -0.4 is 4.74 Å². The summed E-state index contributed by atoms with van der Waals surface area (Å²) in [5, 5.41) is 0. The van der Waals surface area contributed by atoms with Gasteiger partial charge >= 0.3 is 5.97 Å². The lowest BCUT2D eigenvalue weighted by Gasteiger charge is -2.04. The zero-order valence-corrected chi connectivity index (χ0v) is 11.1. The van der Waals surface area contributed by atoms with Gasteiger partial charge < -0.3 is 4.74 Å². The molecule has 0 atom stereocenters. The van der Waals surface area contributed by atoms with Gasteiger partial charge in [-0.15, -0.1) is 0 Å². The summed E-state index contributed by atoms with van der Waals surface area (Å²) < 4.78 is 5.08. The van der Waals surface area contributed by atoms with Gasteiger partial charge in [0.15, 0.2) is 5.78 Å². The van der Waals surface area contributed by atoms with Gasteiger partial charge in [0.05, 0.1) is 0 Å². The van der Waals surface area contributed by atoms with Crippen molar-refractivity contribution in [2.45, 2.75) is 6.92 Å². The molecule has 0 spiro atoms. The molecular weight excluding hydrogens is 252 g/mol. The van der Waals surface area contributed by atoms with Crippen molar-refractivity contribution in [3.63, 3.8) is 0 Å². The number of carbonyl (C=O) groups excluding carboxylic acids is 2. The van der Waals surface area contributed by atoms with Crippen molar-refractivity contribution in [1.29, 1.82) is 0 Å². The second-order valence-corrected chi connectivity index (χ2v) is 4.20. The summed E-state index contributed by atoms with van der Waals surface area (Å²) in [6, 6.07) is 16.1. The fourth-order valence-electron chi connectivity index (χ4n) is 1.73. The Morgan fingerprint density at radius 3 is 2.30 bits per heavy atom. The molecule has 3 nitrogen and oxygen atoms in total. The number of carbonyl (C=O) groups is 2. The fraction of sp³-hybridized carbons (Fsp3) is 0.0588. The van der Waals surface area contributed by atoms with Crippen LogP contribution in [-0.2, 0) is 4.79 Å². The van der Waals surface area contributed by atoms with E-state index in [2.05, 4.69) is 0 Å². The summed E-state index contributed by atoms with van der Waals surface area (Å²) in [5.74, 6) is -0.0411. The minimum Gasteiger partial charge on any atom is -0.426 e. The van der Waals surface area contributed by atoms with Crippen molar-refractivity contribution in [1.82, 2.24) is 0 Å². The van der Waals surface area contributed by atoms with E-state index in [1.807, 2.05) is 24.3 Å². The lowest BCUT2D eigenvalue weighted by Crippen LogP contribution is -2.02. The molecule has 0 amide bonds. The molecule has 0 saturated heterocycles. The molecule has 3 heteroatoms. The first-order valence-corrected chi connectivity index (χ1v) is 6.22. The minimum atomic E-state index is -0.389. The number of para-hydroxylation sites is 1. The first-order valence-electron chi connectivity index (χ1n) is 6.22. The van der Waals surface area contributed by atoms with Crippen molar-refractivity contribution in [3.05, 3.63) is 71.8 Å². The fourth-order valence-corrected chi connectivity index (χ4v) is 1.73. The molecule has 2 aromatic rings. The quantitative estimate of drug-likeness (QED) is 0.368. The Bertz CT molecular complexity index is 642. The zero-order valence-electron chi connectivity index (χ0n) is 11.1. The monoisotopic (exact) mass is 266 g/mol. The van der Waals surface area contributed by atoms with E-state index in [-0.39, 0.29) is 11.8 Å². The zero-order chi connectivity index (χ0) is 14.4. The summed E-state index contributed by atoms with van der Waals surface area (Å²) in [6.07, 6.45) is 3.12. The molecule has 100 valence electrons. The molecule has 0 unspecified atom stereocenters. The van der Waals surface area contributed by atoms with Crippen LogP contribution in [-0.4, -0.2) is 11.8 Å². The first-order chi connectivity index (χ1) is 9.66. The van der Waals surface area contributed by atoms with Gasteiger partial charge in [0.1, 0.15) is 5.75 Å². The van der Waals surface area contributed by atoms with E-state index in [1.54, 1.807) is 36.4 Å². The number of rotatable bonds is 4. The second-order valence-electron chi connectivity index (χ2n) is 4.20. The Kier molecular flexibility index (Phi) is 4.45. The molecule has 0 fully saturated rings. The maximum atomic E-state index is 12.0. The molecule has 2 rings (SSSR count). The van der Waals surface area contributed by atoms with E-state index in [1.165, 1.54) is 13.0 Å². The van der Waals surface area contributed by atoms with Crippen molar-refractivity contribution in [2.24, 2.45) is 0 Å². The van der Waals surface area contributed by atoms with Crippen molar-refractivity contribution in [2.75, 3.05) is 0 Å². The lowest BCUT2D eigenvalue weighted by molar-refractivity contribution is -0.131. The average molecular weight is 266 g/mol. The van der Waals surface area contributed by atoms with Gasteiger partial charge in [-0.2, -0.15) is 0 Å². The van der Waals surface area contributed by atoms with E-state index < -0.39 is 0 Å². The lowest BCUT2D eigenvalue weighted by atomic mass is 10.1. The largest absolute Gasteiger partial charge is 0.426 e. The molecule has 0 aliphatic heterocycles. The molecule has 0 aliphatic rings. The third kappa shape index (κ3) is 3.65. The molecule has 0 N–H and O–H groups in total. The number of benzene rings is 2. The van der Waals surface area contributed by atoms with Gasteiger partial charge in [-0.05, 0) is 18.2 Å². The highest BCUT2D eigenvalue weighted by Crippen LogP contribution is 2.20. The Balaban J connectivity index is 2.19. The molecule has 0 saturated carbocycles. The van der Waals surface area contributed by atoms with Crippen LogP contribution in [0.25, 0.3) is 6.08 Å². The van der Waals surface area contributed by atoms with Gasteiger partial charge in [-0.3, -0.25) is 9.59 Å². The molecule has 0 aliphatic carbocycles. The minimum absolute atomic E-state index is 0.0942. The standard InChI is InChI=1S/C17H14O3/c1-13(18)20-17-10-6-5-9-15(17)11-12-16(19)14-7-3-2-4-8-14/h2-12H,1H3. The van der Waals surface area contributed by atoms with Gasteiger partial charge in [0.25, 0.3) is 0 Å². The van der Waals surface area contributed by atoms with Crippen LogP contribution in [0.5, 0.6) is 5.75 Å². The van der Waals surface area contributed by atoms with E-state index >= 15 is 0 Å². The number of ether oxygens (including phenoxy) is 1. The Morgan fingerprint density at radius 2 is 1.60 bits per heavy atom. The van der Waals surface area contributed by atoms with Gasteiger partial charge in [-0.25, -0.2) is 0 Å². The van der Waals surface area contributed by atoms with E-state index in [0.717, 1.165) is 0 Å². The normalized spacial score (nSPS) is 10.4. The number of esters is 1. The smallest absolute Gasteiger partial charge is 0.308 e. The molecule has 20 heavy (non-hydrogen) atoms. The summed E-state index contributed by atoms with van der Waals surface area (Å²) in [6.45, 7) is 1.34. The van der Waals surface area contributed by atoms with Crippen LogP contribution in [0.2, 0.25) is 0 Å². The van der Waals surface area contributed by atoms with Crippen LogP contribution in [0.15, 0.2) is 60.7 Å². The summed E-state index contributed by atoms with van der Waals surface area (Å²) in [4.78, 5) is 23.0. The summed E-state index contributed by atoms with van der Waals surface area (Å²) in [5.41, 5.74) is 1.31. The molecule has 0 radical (unpaired) electrons. The Labute approximate surface area is 117 Å². The molecule has 2 aromatic carbocycles. The van der Waals surface area contributed by atoms with E-state index in [9.17, 15) is 9.59 Å². The van der Waals surface area contributed by atoms with Crippen LogP contribution in [0, 0.1) is 0 Å². The third-order valence-electron chi connectivity index (χ3n) is 2.65. The molecular formula is C17H14O3. The van der Waals surface area contributed by atoms with Crippen LogP contribution in [0.3, 0.4) is 0 Å². The SMILES string of the molecule is CC(=O)Oc1ccccc1C=CC(=O)c1ccccc1. The number of ketones is 1. The predicted molar refractivity (Wildman–Crippen MR) is 77.6 cm³/mol. The van der Waals surface area contributed by atoms with Gasteiger partial charge in [-0.1, -0.05) is 48.5 Å². The predicted octanol–water partition coefficient (Wildman–Crippen LogP) is 3.51. The first kappa shape index (κ1) is 13.7. The molecule has 0 aromatic heterocycles. The number of hydrogen-bond acceptors (Lipinski definition) is 3. The van der Waals surface area contributed by atoms with Gasteiger partial charge in [0.2, 0.25) is 0 Å². The second kappa shape index (κ2) is 6.48. The number of hydrogen-bond donors (Lipinski definition) is 0. The Morgan fingerprint density at radius 1 is 0.950 bits per heavy atom. The number of allylic oxidation sites excluding steroid dienone is 1. The molecule has 0 heterocycles. The Hall–Kier alpha value is -2.68.